The molecule has 0 bridgehead atoms. The van der Waals surface area contributed by atoms with Gasteiger partial charge in [0.2, 0.25) is 0 Å². The number of pyridine rings is 1. The summed E-state index contributed by atoms with van der Waals surface area (Å²) in [5.41, 5.74) is 1.23. The van der Waals surface area contributed by atoms with Crippen molar-refractivity contribution in [2.75, 3.05) is 33.2 Å². The second-order valence-electron chi connectivity index (χ2n) is 7.43. The number of piperidine rings is 1. The number of hydrogen-bond donors (Lipinski definition) is 2. The first-order valence-electron chi connectivity index (χ1n) is 9.11. The number of nitrogens with zero attached hydrogens (tertiary/aromatic N) is 3. The van der Waals surface area contributed by atoms with Crippen LogP contribution in [0.1, 0.15) is 39.3 Å². The molecule has 0 spiro atoms. The molecule has 1 saturated heterocycles. The van der Waals surface area contributed by atoms with E-state index in [0.717, 1.165) is 37.1 Å². The molecule has 1 aliphatic heterocycles. The summed E-state index contributed by atoms with van der Waals surface area (Å²) < 4.78 is 0. The zero-order chi connectivity index (χ0) is 17.4. The van der Waals surface area contributed by atoms with Crippen LogP contribution in [0.4, 0.5) is 0 Å². The van der Waals surface area contributed by atoms with E-state index in [1.165, 1.54) is 25.9 Å². The molecule has 2 rings (SSSR count). The topological polar surface area (TPSA) is 52.6 Å². The molecule has 1 atom stereocenters. The summed E-state index contributed by atoms with van der Waals surface area (Å²) in [6.07, 6.45) is 5.40. The van der Waals surface area contributed by atoms with Crippen molar-refractivity contribution in [1.82, 2.24) is 20.5 Å². The Morgan fingerprint density at radius 1 is 1.36 bits per heavy atom. The van der Waals surface area contributed by atoms with Crippen molar-refractivity contribution in [2.45, 2.75) is 45.6 Å². The normalized spacial score (nSPS) is 19.2. The van der Waals surface area contributed by atoms with E-state index in [4.69, 9.17) is 0 Å². The highest BCUT2D eigenvalue weighted by molar-refractivity contribution is 14.0. The third kappa shape index (κ3) is 7.48. The highest BCUT2D eigenvalue weighted by Crippen LogP contribution is 2.23. The third-order valence-corrected chi connectivity index (χ3v) is 4.82. The molecule has 0 amide bonds. The van der Waals surface area contributed by atoms with Gasteiger partial charge in [0, 0.05) is 50.5 Å². The van der Waals surface area contributed by atoms with Gasteiger partial charge < -0.3 is 10.6 Å². The van der Waals surface area contributed by atoms with Crippen molar-refractivity contribution in [3.63, 3.8) is 0 Å². The van der Waals surface area contributed by atoms with Crippen LogP contribution < -0.4 is 10.6 Å². The monoisotopic (exact) mass is 459 g/mol. The molecule has 0 saturated carbocycles. The van der Waals surface area contributed by atoms with Gasteiger partial charge in [-0.2, -0.15) is 0 Å². The first kappa shape index (κ1) is 22.2. The quantitative estimate of drug-likeness (QED) is 0.390. The highest BCUT2D eigenvalue weighted by Gasteiger charge is 2.30. The maximum Gasteiger partial charge on any atom is 0.191 e. The Morgan fingerprint density at radius 2 is 2.16 bits per heavy atom. The fourth-order valence-electron chi connectivity index (χ4n) is 3.23. The molecule has 1 aromatic heterocycles. The number of hydrogen-bond acceptors (Lipinski definition) is 3. The summed E-state index contributed by atoms with van der Waals surface area (Å²) in [5, 5.41) is 6.87. The first-order valence-corrected chi connectivity index (χ1v) is 9.11. The van der Waals surface area contributed by atoms with Gasteiger partial charge in [0.05, 0.1) is 0 Å². The van der Waals surface area contributed by atoms with E-state index >= 15 is 0 Å². The highest BCUT2D eigenvalue weighted by atomic mass is 127. The van der Waals surface area contributed by atoms with Gasteiger partial charge in [-0.3, -0.25) is 14.9 Å². The fraction of sp³-hybridized carbons (Fsp3) is 0.684. The molecule has 25 heavy (non-hydrogen) atoms. The standard InChI is InChI=1S/C19H33N5.HI/c1-16-8-7-13-24(14-16)19(2,3)15-23-18(20-4)22-12-10-17-9-5-6-11-21-17;/h5-6,9,11,16H,7-8,10,12-15H2,1-4H3,(H2,20,22,23);1H. The van der Waals surface area contributed by atoms with E-state index in [1.54, 1.807) is 0 Å². The average Bonchev–Trinajstić information content (AvgIpc) is 2.59. The Kier molecular flexibility index (Phi) is 9.71. The molecule has 0 radical (unpaired) electrons. The van der Waals surface area contributed by atoms with Gasteiger partial charge in [0.1, 0.15) is 0 Å². The predicted octanol–water partition coefficient (Wildman–Crippen LogP) is 2.92. The van der Waals surface area contributed by atoms with Gasteiger partial charge in [0.15, 0.2) is 5.96 Å². The van der Waals surface area contributed by atoms with Crippen LogP contribution in [0.3, 0.4) is 0 Å². The lowest BCUT2D eigenvalue weighted by Gasteiger charge is -2.43. The number of aliphatic imine (C=N–C) groups is 1. The van der Waals surface area contributed by atoms with Crippen molar-refractivity contribution in [3.8, 4) is 0 Å². The number of halogens is 1. The molecule has 0 aromatic carbocycles. The molecule has 1 aliphatic rings. The number of aromatic nitrogens is 1. The molecule has 1 fully saturated rings. The van der Waals surface area contributed by atoms with Crippen LogP contribution >= 0.6 is 24.0 Å². The van der Waals surface area contributed by atoms with Gasteiger partial charge in [-0.25, -0.2) is 0 Å². The minimum Gasteiger partial charge on any atom is -0.356 e. The van der Waals surface area contributed by atoms with Crippen molar-refractivity contribution in [2.24, 2.45) is 10.9 Å². The van der Waals surface area contributed by atoms with Crippen molar-refractivity contribution in [3.05, 3.63) is 30.1 Å². The summed E-state index contributed by atoms with van der Waals surface area (Å²) in [6.45, 7) is 11.1. The Hall–Kier alpha value is -0.890. The molecule has 1 aromatic rings. The fourth-order valence-corrected chi connectivity index (χ4v) is 3.23. The molecule has 2 N–H and O–H groups in total. The van der Waals surface area contributed by atoms with Gasteiger partial charge in [0.25, 0.3) is 0 Å². The van der Waals surface area contributed by atoms with Crippen LogP contribution in [-0.2, 0) is 6.42 Å². The maximum atomic E-state index is 4.35. The molecular weight excluding hydrogens is 425 g/mol. The van der Waals surface area contributed by atoms with E-state index in [-0.39, 0.29) is 29.5 Å². The van der Waals surface area contributed by atoms with Crippen molar-refractivity contribution >= 4 is 29.9 Å². The average molecular weight is 459 g/mol. The molecule has 6 heteroatoms. The Balaban J connectivity index is 0.00000312. The van der Waals surface area contributed by atoms with Crippen LogP contribution in [0, 0.1) is 5.92 Å². The van der Waals surface area contributed by atoms with Gasteiger partial charge in [-0.1, -0.05) is 13.0 Å². The third-order valence-electron chi connectivity index (χ3n) is 4.82. The van der Waals surface area contributed by atoms with E-state index in [0.29, 0.717) is 0 Å². The number of likely N-dealkylation sites (tertiary alicyclic amines) is 1. The van der Waals surface area contributed by atoms with E-state index in [9.17, 15) is 0 Å². The summed E-state index contributed by atoms with van der Waals surface area (Å²) in [7, 11) is 1.83. The zero-order valence-electron chi connectivity index (χ0n) is 16.1. The van der Waals surface area contributed by atoms with Gasteiger partial charge in [-0.05, 0) is 51.3 Å². The molecule has 1 unspecified atom stereocenters. The van der Waals surface area contributed by atoms with E-state index < -0.39 is 0 Å². The Bertz CT molecular complexity index is 518. The predicted molar refractivity (Wildman–Crippen MR) is 117 cm³/mol. The lowest BCUT2D eigenvalue weighted by atomic mass is 9.93. The first-order chi connectivity index (χ1) is 11.5. The zero-order valence-corrected chi connectivity index (χ0v) is 18.4. The van der Waals surface area contributed by atoms with Crippen LogP contribution in [0.25, 0.3) is 0 Å². The SMILES string of the molecule is CN=C(NCCc1ccccn1)NCC(C)(C)N1CCCC(C)C1.I. The van der Waals surface area contributed by atoms with Gasteiger partial charge >= 0.3 is 0 Å². The summed E-state index contributed by atoms with van der Waals surface area (Å²) in [6, 6.07) is 6.02. The number of guanidine groups is 1. The molecule has 0 aliphatic carbocycles. The van der Waals surface area contributed by atoms with Crippen LogP contribution in [0.2, 0.25) is 0 Å². The summed E-state index contributed by atoms with van der Waals surface area (Å²) >= 11 is 0. The lowest BCUT2D eigenvalue weighted by Crippen LogP contribution is -2.56. The van der Waals surface area contributed by atoms with Gasteiger partial charge in [-0.15, -0.1) is 24.0 Å². The van der Waals surface area contributed by atoms with Crippen molar-refractivity contribution in [1.29, 1.82) is 0 Å². The van der Waals surface area contributed by atoms with E-state index in [2.05, 4.69) is 52.3 Å². The minimum absolute atomic E-state index is 0. The lowest BCUT2D eigenvalue weighted by molar-refractivity contribution is 0.0739. The Morgan fingerprint density at radius 3 is 2.80 bits per heavy atom. The van der Waals surface area contributed by atoms with Crippen molar-refractivity contribution < 1.29 is 0 Å². The minimum atomic E-state index is 0. The molecular formula is C19H34IN5. The number of nitrogens with one attached hydrogen (secondary N) is 2. The maximum absolute atomic E-state index is 4.35. The smallest absolute Gasteiger partial charge is 0.191 e. The summed E-state index contributed by atoms with van der Waals surface area (Å²) in [4.78, 5) is 11.3. The second kappa shape index (κ2) is 11.0. The number of rotatable bonds is 6. The van der Waals surface area contributed by atoms with E-state index in [1.807, 2.05) is 25.4 Å². The van der Waals surface area contributed by atoms with Crippen LogP contribution in [-0.4, -0.2) is 54.6 Å². The summed E-state index contributed by atoms with van der Waals surface area (Å²) in [5.74, 6) is 1.66. The van der Waals surface area contributed by atoms with Crippen LogP contribution in [0.15, 0.2) is 29.4 Å². The molecule has 2 heterocycles. The van der Waals surface area contributed by atoms with Crippen LogP contribution in [0.5, 0.6) is 0 Å². The second-order valence-corrected chi connectivity index (χ2v) is 7.43. The molecule has 142 valence electrons. The largest absolute Gasteiger partial charge is 0.356 e. The Labute approximate surface area is 170 Å². The molecule has 5 nitrogen and oxygen atoms in total.